The third-order valence-electron chi connectivity index (χ3n) is 2.88. The summed E-state index contributed by atoms with van der Waals surface area (Å²) in [6, 6.07) is 3.66. The molecule has 3 rings (SSSR count). The number of furan rings is 1. The quantitative estimate of drug-likeness (QED) is 0.699. The molecule has 110 valence electrons. The van der Waals surface area contributed by atoms with Crippen molar-refractivity contribution in [2.45, 2.75) is 10.4 Å². The van der Waals surface area contributed by atoms with Crippen molar-refractivity contribution < 1.29 is 9.15 Å². The van der Waals surface area contributed by atoms with Crippen molar-refractivity contribution in [2.75, 3.05) is 25.3 Å². The van der Waals surface area contributed by atoms with Crippen molar-refractivity contribution in [1.29, 1.82) is 0 Å². The molecule has 3 aromatic rings. The lowest BCUT2D eigenvalue weighted by Crippen LogP contribution is -2.16. The molecule has 0 radical (unpaired) electrons. The van der Waals surface area contributed by atoms with Gasteiger partial charge in [0.2, 0.25) is 0 Å². The van der Waals surface area contributed by atoms with E-state index in [1.165, 1.54) is 6.33 Å². The number of thioether (sulfide) groups is 1. The standard InChI is InChI=1S/C13H14N4O2S2/c1-18-6-8(9-4-3-5-19-9)16-11-10-12(15-7-14-11)17-13(20-2)21-10/h3-5,7-8H,6H2,1-2H3,(H,14,15,16). The zero-order valence-electron chi connectivity index (χ0n) is 11.6. The molecule has 1 atom stereocenters. The highest BCUT2D eigenvalue weighted by Gasteiger charge is 2.18. The third kappa shape index (κ3) is 3.02. The van der Waals surface area contributed by atoms with Gasteiger partial charge in [0, 0.05) is 7.11 Å². The number of ether oxygens (including phenoxy) is 1. The van der Waals surface area contributed by atoms with Gasteiger partial charge in [0.25, 0.3) is 0 Å². The number of rotatable bonds is 6. The molecule has 6 nitrogen and oxygen atoms in total. The number of aromatic nitrogens is 3. The maximum absolute atomic E-state index is 5.46. The average Bonchev–Trinajstić information content (AvgIpc) is 3.16. The van der Waals surface area contributed by atoms with Crippen LogP contribution in [0.1, 0.15) is 11.8 Å². The second kappa shape index (κ2) is 6.42. The number of fused-ring (bicyclic) bond motifs is 1. The highest BCUT2D eigenvalue weighted by atomic mass is 32.2. The molecule has 0 spiro atoms. The smallest absolute Gasteiger partial charge is 0.176 e. The number of thiazole rings is 1. The van der Waals surface area contributed by atoms with Crippen molar-refractivity contribution in [1.82, 2.24) is 15.0 Å². The summed E-state index contributed by atoms with van der Waals surface area (Å²) in [6.45, 7) is 0.479. The Morgan fingerprint density at radius 1 is 1.48 bits per heavy atom. The second-order valence-electron chi connectivity index (χ2n) is 4.23. The second-order valence-corrected chi connectivity index (χ2v) is 6.28. The summed E-state index contributed by atoms with van der Waals surface area (Å²) in [6.07, 6.45) is 5.16. The van der Waals surface area contributed by atoms with Crippen LogP contribution in [0, 0.1) is 0 Å². The lowest BCUT2D eigenvalue weighted by Gasteiger charge is -2.16. The number of nitrogens with one attached hydrogen (secondary N) is 1. The number of methoxy groups -OCH3 is 1. The van der Waals surface area contributed by atoms with Crippen molar-refractivity contribution in [3.05, 3.63) is 30.5 Å². The van der Waals surface area contributed by atoms with Gasteiger partial charge in [0.1, 0.15) is 28.6 Å². The summed E-state index contributed by atoms with van der Waals surface area (Å²) in [7, 11) is 1.66. The van der Waals surface area contributed by atoms with E-state index in [0.717, 1.165) is 20.6 Å². The Hall–Kier alpha value is -1.64. The van der Waals surface area contributed by atoms with Crippen LogP contribution in [-0.4, -0.2) is 34.9 Å². The van der Waals surface area contributed by atoms with Gasteiger partial charge in [-0.1, -0.05) is 11.8 Å². The first kappa shape index (κ1) is 14.3. The summed E-state index contributed by atoms with van der Waals surface area (Å²) in [5, 5.41) is 3.35. The predicted octanol–water partition coefficient (Wildman–Crippen LogP) is 3.20. The fourth-order valence-corrected chi connectivity index (χ4v) is 3.41. The van der Waals surface area contributed by atoms with Crippen LogP contribution >= 0.6 is 23.1 Å². The van der Waals surface area contributed by atoms with Gasteiger partial charge in [0.15, 0.2) is 9.99 Å². The Kier molecular flexibility index (Phi) is 4.37. The fourth-order valence-electron chi connectivity index (χ4n) is 1.94. The van der Waals surface area contributed by atoms with Crippen LogP contribution in [0.4, 0.5) is 5.82 Å². The molecule has 0 aliphatic rings. The molecular weight excluding hydrogens is 308 g/mol. The minimum atomic E-state index is -0.108. The molecule has 0 aliphatic carbocycles. The first-order valence-corrected chi connectivity index (χ1v) is 8.30. The van der Waals surface area contributed by atoms with E-state index >= 15 is 0 Å². The van der Waals surface area contributed by atoms with E-state index in [2.05, 4.69) is 20.3 Å². The Morgan fingerprint density at radius 2 is 2.38 bits per heavy atom. The summed E-state index contributed by atoms with van der Waals surface area (Å²) in [5.74, 6) is 1.55. The highest BCUT2D eigenvalue weighted by molar-refractivity contribution is 8.00. The topological polar surface area (TPSA) is 73.1 Å². The lowest BCUT2D eigenvalue weighted by atomic mass is 10.2. The SMILES string of the molecule is COCC(Nc1ncnc2nc(SC)sc12)c1ccco1. The van der Waals surface area contributed by atoms with Crippen molar-refractivity contribution in [3.8, 4) is 0 Å². The molecule has 0 bridgehead atoms. The minimum Gasteiger partial charge on any atom is -0.467 e. The first-order chi connectivity index (χ1) is 10.3. The number of nitrogens with zero attached hydrogens (tertiary/aromatic N) is 3. The van der Waals surface area contributed by atoms with E-state index < -0.39 is 0 Å². The molecule has 3 heterocycles. The van der Waals surface area contributed by atoms with Gasteiger partial charge in [-0.15, -0.1) is 11.3 Å². The van der Waals surface area contributed by atoms with Crippen LogP contribution in [0.15, 0.2) is 33.5 Å². The molecule has 21 heavy (non-hydrogen) atoms. The molecule has 0 aromatic carbocycles. The summed E-state index contributed by atoms with van der Waals surface area (Å²) in [4.78, 5) is 13.0. The van der Waals surface area contributed by atoms with Gasteiger partial charge in [-0.05, 0) is 18.4 Å². The van der Waals surface area contributed by atoms with E-state index in [0.29, 0.717) is 12.3 Å². The highest BCUT2D eigenvalue weighted by Crippen LogP contribution is 2.32. The minimum absolute atomic E-state index is 0.108. The third-order valence-corrected chi connectivity index (χ3v) is 4.91. The van der Waals surface area contributed by atoms with Gasteiger partial charge in [0.05, 0.1) is 12.9 Å². The zero-order valence-corrected chi connectivity index (χ0v) is 13.2. The summed E-state index contributed by atoms with van der Waals surface area (Å²) >= 11 is 3.17. The monoisotopic (exact) mass is 322 g/mol. The Morgan fingerprint density at radius 3 is 3.10 bits per heavy atom. The van der Waals surface area contributed by atoms with Crippen LogP contribution in [0.25, 0.3) is 10.3 Å². The Labute approximate surface area is 130 Å². The molecular formula is C13H14N4O2S2. The molecule has 1 unspecified atom stereocenters. The number of anilines is 1. The van der Waals surface area contributed by atoms with Crippen molar-refractivity contribution in [2.24, 2.45) is 0 Å². The maximum atomic E-state index is 5.46. The molecule has 0 fully saturated rings. The van der Waals surface area contributed by atoms with Gasteiger partial charge in [-0.3, -0.25) is 0 Å². The van der Waals surface area contributed by atoms with Crippen molar-refractivity contribution in [3.63, 3.8) is 0 Å². The molecule has 0 saturated heterocycles. The van der Waals surface area contributed by atoms with Gasteiger partial charge < -0.3 is 14.5 Å². The predicted molar refractivity (Wildman–Crippen MR) is 83.9 cm³/mol. The average molecular weight is 322 g/mol. The van der Waals surface area contributed by atoms with E-state index in [1.807, 2.05) is 18.4 Å². The summed E-state index contributed by atoms with van der Waals surface area (Å²) in [5.41, 5.74) is 0.706. The van der Waals surface area contributed by atoms with Crippen LogP contribution in [0.3, 0.4) is 0 Å². The van der Waals surface area contributed by atoms with Crippen LogP contribution in [0.5, 0.6) is 0 Å². The fraction of sp³-hybridized carbons (Fsp3) is 0.308. The van der Waals surface area contributed by atoms with E-state index in [1.54, 1.807) is 36.5 Å². The van der Waals surface area contributed by atoms with Gasteiger partial charge >= 0.3 is 0 Å². The molecule has 0 aliphatic heterocycles. The number of hydrogen-bond donors (Lipinski definition) is 1. The van der Waals surface area contributed by atoms with Gasteiger partial charge in [-0.2, -0.15) is 0 Å². The van der Waals surface area contributed by atoms with Crippen LogP contribution in [-0.2, 0) is 4.74 Å². The van der Waals surface area contributed by atoms with Crippen LogP contribution < -0.4 is 5.32 Å². The Bertz CT molecular complexity index is 714. The number of hydrogen-bond acceptors (Lipinski definition) is 8. The molecule has 1 N–H and O–H groups in total. The molecule has 8 heteroatoms. The zero-order chi connectivity index (χ0) is 14.7. The molecule has 0 saturated carbocycles. The lowest BCUT2D eigenvalue weighted by molar-refractivity contribution is 0.178. The molecule has 0 amide bonds. The summed E-state index contributed by atoms with van der Waals surface area (Å²) < 4.78 is 12.6. The van der Waals surface area contributed by atoms with E-state index in [4.69, 9.17) is 9.15 Å². The maximum Gasteiger partial charge on any atom is 0.176 e. The van der Waals surface area contributed by atoms with E-state index in [-0.39, 0.29) is 6.04 Å². The van der Waals surface area contributed by atoms with Crippen molar-refractivity contribution >= 4 is 39.3 Å². The van der Waals surface area contributed by atoms with Crippen LogP contribution in [0.2, 0.25) is 0 Å². The molecule has 3 aromatic heterocycles. The Balaban J connectivity index is 1.93. The first-order valence-electron chi connectivity index (χ1n) is 6.26. The largest absolute Gasteiger partial charge is 0.467 e. The van der Waals surface area contributed by atoms with Gasteiger partial charge in [-0.25, -0.2) is 15.0 Å². The van der Waals surface area contributed by atoms with E-state index in [9.17, 15) is 0 Å². The normalized spacial score (nSPS) is 12.7.